The van der Waals surface area contributed by atoms with Gasteiger partial charge in [-0.1, -0.05) is 11.6 Å². The minimum absolute atomic E-state index is 0.370. The van der Waals surface area contributed by atoms with Crippen molar-refractivity contribution in [2.24, 2.45) is 0 Å². The molecule has 0 atom stereocenters. The van der Waals surface area contributed by atoms with Crippen molar-refractivity contribution < 1.29 is 4.39 Å². The number of benzene rings is 2. The average Bonchev–Trinajstić information content (AvgIpc) is 3.01. The second kappa shape index (κ2) is 6.57. The number of hydrogen-bond donors (Lipinski definition) is 0. The third kappa shape index (κ3) is 2.91. The van der Waals surface area contributed by atoms with Crippen LogP contribution in [-0.2, 0) is 0 Å². The van der Waals surface area contributed by atoms with E-state index in [0.29, 0.717) is 27.8 Å². The van der Waals surface area contributed by atoms with Gasteiger partial charge in [-0.2, -0.15) is 4.68 Å². The van der Waals surface area contributed by atoms with E-state index < -0.39 is 0 Å². The Morgan fingerprint density at radius 3 is 2.12 bits per heavy atom. The molecule has 26 heavy (non-hydrogen) atoms. The van der Waals surface area contributed by atoms with Crippen LogP contribution in [0, 0.1) is 5.82 Å². The predicted octanol–water partition coefficient (Wildman–Crippen LogP) is 3.88. The van der Waals surface area contributed by atoms with Crippen molar-refractivity contribution in [1.82, 2.24) is 19.3 Å². The molecular weight excluding hydrogens is 355 g/mol. The highest BCUT2D eigenvalue weighted by molar-refractivity contribution is 6.30. The molecule has 0 bridgehead atoms. The lowest BCUT2D eigenvalue weighted by molar-refractivity contribution is 0.627. The van der Waals surface area contributed by atoms with Gasteiger partial charge in [-0.25, -0.2) is 13.8 Å². The lowest BCUT2D eigenvalue weighted by Gasteiger charge is -2.05. The van der Waals surface area contributed by atoms with Crippen molar-refractivity contribution in [3.8, 4) is 22.8 Å². The van der Waals surface area contributed by atoms with Crippen molar-refractivity contribution in [2.75, 3.05) is 0 Å². The molecule has 0 aliphatic heterocycles. The summed E-state index contributed by atoms with van der Waals surface area (Å²) >= 11 is 5.93. The number of pyridine rings is 1. The van der Waals surface area contributed by atoms with Crippen LogP contribution in [-0.4, -0.2) is 19.3 Å². The Balaban J connectivity index is 1.97. The monoisotopic (exact) mass is 366 g/mol. The van der Waals surface area contributed by atoms with Gasteiger partial charge in [0, 0.05) is 23.0 Å². The van der Waals surface area contributed by atoms with E-state index in [9.17, 15) is 9.18 Å². The Morgan fingerprint density at radius 1 is 0.846 bits per heavy atom. The molecule has 2 aromatic heterocycles. The van der Waals surface area contributed by atoms with Gasteiger partial charge >= 0.3 is 5.69 Å². The van der Waals surface area contributed by atoms with Gasteiger partial charge in [0.15, 0.2) is 5.82 Å². The van der Waals surface area contributed by atoms with Crippen LogP contribution in [0.3, 0.4) is 0 Å². The molecule has 0 aliphatic carbocycles. The van der Waals surface area contributed by atoms with E-state index in [1.54, 1.807) is 48.8 Å². The maximum absolute atomic E-state index is 13.3. The first-order valence-electron chi connectivity index (χ1n) is 7.78. The summed E-state index contributed by atoms with van der Waals surface area (Å²) in [4.78, 5) is 17.1. The Bertz CT molecular complexity index is 1100. The smallest absolute Gasteiger partial charge is 0.265 e. The molecule has 4 aromatic rings. The first-order valence-corrected chi connectivity index (χ1v) is 8.15. The van der Waals surface area contributed by atoms with Crippen LogP contribution >= 0.6 is 11.6 Å². The Kier molecular flexibility index (Phi) is 4.10. The van der Waals surface area contributed by atoms with Crippen LogP contribution in [0.25, 0.3) is 22.8 Å². The second-order valence-corrected chi connectivity index (χ2v) is 5.98. The summed E-state index contributed by atoms with van der Waals surface area (Å²) in [6.45, 7) is 0. The lowest BCUT2D eigenvalue weighted by Crippen LogP contribution is -2.22. The highest BCUT2D eigenvalue weighted by atomic mass is 35.5. The van der Waals surface area contributed by atoms with Gasteiger partial charge in [0.25, 0.3) is 0 Å². The van der Waals surface area contributed by atoms with E-state index in [2.05, 4.69) is 10.1 Å². The van der Waals surface area contributed by atoms with Crippen LogP contribution in [0.1, 0.15) is 0 Å². The second-order valence-electron chi connectivity index (χ2n) is 5.54. The molecule has 0 saturated carbocycles. The first kappa shape index (κ1) is 16.2. The minimum atomic E-state index is -0.377. The molecule has 2 heterocycles. The Labute approximate surface area is 152 Å². The number of hydrogen-bond acceptors (Lipinski definition) is 3. The van der Waals surface area contributed by atoms with Crippen molar-refractivity contribution in [3.05, 3.63) is 94.4 Å². The van der Waals surface area contributed by atoms with E-state index in [4.69, 9.17) is 11.6 Å². The van der Waals surface area contributed by atoms with Crippen LogP contribution < -0.4 is 5.69 Å². The average molecular weight is 367 g/mol. The quantitative estimate of drug-likeness (QED) is 0.553. The normalized spacial score (nSPS) is 10.8. The van der Waals surface area contributed by atoms with Crippen molar-refractivity contribution in [2.45, 2.75) is 0 Å². The Morgan fingerprint density at radius 2 is 1.46 bits per heavy atom. The highest BCUT2D eigenvalue weighted by Gasteiger charge is 2.17. The summed E-state index contributed by atoms with van der Waals surface area (Å²) in [6, 6.07) is 16.0. The molecule has 0 N–H and O–H groups in total. The van der Waals surface area contributed by atoms with E-state index in [1.165, 1.54) is 33.5 Å². The summed E-state index contributed by atoms with van der Waals surface area (Å²) in [7, 11) is 0. The van der Waals surface area contributed by atoms with Gasteiger partial charge in [0.05, 0.1) is 11.4 Å². The van der Waals surface area contributed by atoms with E-state index in [-0.39, 0.29) is 11.5 Å². The number of halogens is 2. The maximum Gasteiger partial charge on any atom is 0.355 e. The molecule has 4 rings (SSSR count). The van der Waals surface area contributed by atoms with E-state index in [1.807, 2.05) is 0 Å². The van der Waals surface area contributed by atoms with Gasteiger partial charge in [-0.05, 0) is 60.7 Å². The molecule has 0 amide bonds. The number of aromatic nitrogens is 4. The summed E-state index contributed by atoms with van der Waals surface area (Å²) in [5.74, 6) is 0.0521. The molecule has 2 aromatic carbocycles. The molecule has 128 valence electrons. The number of rotatable bonds is 3. The zero-order chi connectivity index (χ0) is 18.1. The molecule has 0 radical (unpaired) electrons. The van der Waals surface area contributed by atoms with Crippen molar-refractivity contribution >= 4 is 11.6 Å². The largest absolute Gasteiger partial charge is 0.355 e. The van der Waals surface area contributed by atoms with Crippen molar-refractivity contribution in [3.63, 3.8) is 0 Å². The third-order valence-corrected chi connectivity index (χ3v) is 4.13. The molecule has 0 aliphatic rings. The van der Waals surface area contributed by atoms with E-state index in [0.717, 1.165) is 0 Å². The molecule has 0 saturated heterocycles. The molecule has 0 unspecified atom stereocenters. The molecule has 0 spiro atoms. The standard InChI is InChI=1S/C19H12ClFN4O/c20-14-1-5-17(6-2-14)25-19(26)24(16-7-3-15(21)4-8-16)18(23-25)13-9-11-22-12-10-13/h1-12H. The summed E-state index contributed by atoms with van der Waals surface area (Å²) < 4.78 is 16.0. The van der Waals surface area contributed by atoms with Crippen LogP contribution in [0.5, 0.6) is 0 Å². The van der Waals surface area contributed by atoms with Crippen molar-refractivity contribution in [1.29, 1.82) is 0 Å². The molecule has 5 nitrogen and oxygen atoms in total. The van der Waals surface area contributed by atoms with Gasteiger partial charge < -0.3 is 0 Å². The fraction of sp³-hybridized carbons (Fsp3) is 0. The van der Waals surface area contributed by atoms with Gasteiger partial charge in [0.2, 0.25) is 0 Å². The summed E-state index contributed by atoms with van der Waals surface area (Å²) in [5, 5.41) is 5.05. The minimum Gasteiger partial charge on any atom is -0.265 e. The predicted molar refractivity (Wildman–Crippen MR) is 97.4 cm³/mol. The third-order valence-electron chi connectivity index (χ3n) is 3.87. The van der Waals surface area contributed by atoms with Gasteiger partial charge in [-0.3, -0.25) is 4.98 Å². The fourth-order valence-corrected chi connectivity index (χ4v) is 2.75. The van der Waals surface area contributed by atoms with E-state index >= 15 is 0 Å². The molecular formula is C19H12ClFN4O. The number of nitrogens with zero attached hydrogens (tertiary/aromatic N) is 4. The lowest BCUT2D eigenvalue weighted by atomic mass is 10.2. The van der Waals surface area contributed by atoms with Crippen LogP contribution in [0.15, 0.2) is 77.9 Å². The highest BCUT2D eigenvalue weighted by Crippen LogP contribution is 2.20. The summed E-state index contributed by atoms with van der Waals surface area (Å²) in [6.07, 6.45) is 3.24. The Hall–Kier alpha value is -3.25. The first-order chi connectivity index (χ1) is 12.6. The zero-order valence-electron chi connectivity index (χ0n) is 13.4. The molecule has 7 heteroatoms. The fourth-order valence-electron chi connectivity index (χ4n) is 2.63. The zero-order valence-corrected chi connectivity index (χ0v) is 14.1. The molecule has 0 fully saturated rings. The van der Waals surface area contributed by atoms with Crippen LogP contribution in [0.2, 0.25) is 5.02 Å². The van der Waals surface area contributed by atoms with Gasteiger partial charge in [0.1, 0.15) is 5.82 Å². The topological polar surface area (TPSA) is 52.7 Å². The summed E-state index contributed by atoms with van der Waals surface area (Å²) in [5.41, 5.74) is 1.44. The maximum atomic E-state index is 13.3. The van der Waals surface area contributed by atoms with Gasteiger partial charge in [-0.15, -0.1) is 5.10 Å². The van der Waals surface area contributed by atoms with Crippen LogP contribution in [0.4, 0.5) is 4.39 Å². The SMILES string of the molecule is O=c1n(-c2ccc(Cl)cc2)nc(-c2ccncc2)n1-c1ccc(F)cc1.